The molecule has 1 aromatic rings. The lowest BCUT2D eigenvalue weighted by atomic mass is 10.0. The number of carbonyl (C=O) groups excluding carboxylic acids is 1. The molecule has 1 rings (SSSR count). The van der Waals surface area contributed by atoms with Crippen LogP contribution in [0.3, 0.4) is 0 Å². The molecule has 1 amide bonds. The van der Waals surface area contributed by atoms with Crippen molar-refractivity contribution in [2.45, 2.75) is 33.1 Å². The minimum Gasteiger partial charge on any atom is -0.337 e. The molecule has 0 fully saturated rings. The van der Waals surface area contributed by atoms with Gasteiger partial charge in [-0.2, -0.15) is 5.26 Å². The molecule has 0 unspecified atom stereocenters. The molecule has 4 heteroatoms. The Balaban J connectivity index is 2.78. The summed E-state index contributed by atoms with van der Waals surface area (Å²) in [5, 5.41) is 8.72. The maximum atomic E-state index is 12.4. The third-order valence-electron chi connectivity index (χ3n) is 3.32. The Hall–Kier alpha value is -1.89. The molecule has 0 saturated carbocycles. The van der Waals surface area contributed by atoms with E-state index >= 15 is 0 Å². The summed E-state index contributed by atoms with van der Waals surface area (Å²) in [5.74, 6) is 0.453. The van der Waals surface area contributed by atoms with E-state index in [9.17, 15) is 4.79 Å². The van der Waals surface area contributed by atoms with Crippen LogP contribution < -0.4 is 0 Å². The van der Waals surface area contributed by atoms with E-state index in [1.807, 2.05) is 0 Å². The molecule has 0 spiro atoms. The van der Waals surface area contributed by atoms with Crippen molar-refractivity contribution in [2.75, 3.05) is 13.1 Å². The maximum Gasteiger partial charge on any atom is 0.255 e. The lowest BCUT2D eigenvalue weighted by Gasteiger charge is -2.26. The van der Waals surface area contributed by atoms with Gasteiger partial charge in [0.05, 0.1) is 18.1 Å². The third kappa shape index (κ3) is 4.70. The molecule has 0 aliphatic carbocycles. The zero-order chi connectivity index (χ0) is 14.1. The molecular weight excluding hydrogens is 238 g/mol. The first kappa shape index (κ1) is 15.2. The second kappa shape index (κ2) is 8.25. The van der Waals surface area contributed by atoms with Crippen molar-refractivity contribution in [3.8, 4) is 6.07 Å². The first-order chi connectivity index (χ1) is 9.22. The molecule has 0 N–H and O–H groups in total. The van der Waals surface area contributed by atoms with E-state index in [1.165, 1.54) is 0 Å². The summed E-state index contributed by atoms with van der Waals surface area (Å²) in [6.07, 6.45) is 5.68. The Morgan fingerprint density at radius 2 is 2.21 bits per heavy atom. The lowest BCUT2D eigenvalue weighted by Crippen LogP contribution is -2.36. The standard InChI is InChI=1S/C15H21N3O/c1-3-13(4-2)12-18(10-6-8-16)15(19)14-7-5-9-17-11-14/h5,7,9,11,13H,3-4,6,10,12H2,1-2H3. The number of amides is 1. The first-order valence-corrected chi connectivity index (χ1v) is 6.79. The Labute approximate surface area is 115 Å². The quantitative estimate of drug-likeness (QED) is 0.756. The molecule has 4 nitrogen and oxygen atoms in total. The van der Waals surface area contributed by atoms with Gasteiger partial charge >= 0.3 is 0 Å². The molecule has 102 valence electrons. The minimum atomic E-state index is -0.0322. The Morgan fingerprint density at radius 1 is 1.47 bits per heavy atom. The summed E-state index contributed by atoms with van der Waals surface area (Å²) in [4.78, 5) is 18.1. The van der Waals surface area contributed by atoms with Gasteiger partial charge in [-0.25, -0.2) is 0 Å². The maximum absolute atomic E-state index is 12.4. The zero-order valence-corrected chi connectivity index (χ0v) is 11.7. The van der Waals surface area contributed by atoms with Crippen LogP contribution in [-0.4, -0.2) is 28.9 Å². The van der Waals surface area contributed by atoms with Crippen molar-refractivity contribution >= 4 is 5.91 Å². The fourth-order valence-electron chi connectivity index (χ4n) is 1.99. The highest BCUT2D eigenvalue weighted by atomic mass is 16.2. The summed E-state index contributed by atoms with van der Waals surface area (Å²) >= 11 is 0. The van der Waals surface area contributed by atoms with Gasteiger partial charge in [-0.15, -0.1) is 0 Å². The number of nitrogens with zero attached hydrogens (tertiary/aromatic N) is 3. The van der Waals surface area contributed by atoms with Crippen LogP contribution >= 0.6 is 0 Å². The van der Waals surface area contributed by atoms with E-state index < -0.39 is 0 Å². The molecule has 0 atom stereocenters. The normalized spacial score (nSPS) is 10.2. The summed E-state index contributed by atoms with van der Waals surface area (Å²) in [6, 6.07) is 5.63. The average Bonchev–Trinajstić information content (AvgIpc) is 2.48. The molecule has 0 saturated heterocycles. The van der Waals surface area contributed by atoms with E-state index in [1.54, 1.807) is 29.4 Å². The number of pyridine rings is 1. The fraction of sp³-hybridized carbons (Fsp3) is 0.533. The minimum absolute atomic E-state index is 0.0322. The topological polar surface area (TPSA) is 57.0 Å². The predicted molar refractivity (Wildman–Crippen MR) is 74.4 cm³/mol. The highest BCUT2D eigenvalue weighted by Crippen LogP contribution is 2.13. The van der Waals surface area contributed by atoms with Crippen LogP contribution in [0, 0.1) is 17.2 Å². The van der Waals surface area contributed by atoms with Gasteiger partial charge < -0.3 is 4.90 Å². The molecule has 1 aromatic heterocycles. The molecule has 0 radical (unpaired) electrons. The van der Waals surface area contributed by atoms with Crippen LogP contribution in [0.15, 0.2) is 24.5 Å². The second-order valence-electron chi connectivity index (χ2n) is 4.58. The lowest BCUT2D eigenvalue weighted by molar-refractivity contribution is 0.0728. The fourth-order valence-corrected chi connectivity index (χ4v) is 1.99. The number of aromatic nitrogens is 1. The van der Waals surface area contributed by atoms with E-state index in [-0.39, 0.29) is 5.91 Å². The van der Waals surface area contributed by atoms with E-state index in [2.05, 4.69) is 24.9 Å². The SMILES string of the molecule is CCC(CC)CN(CCC#N)C(=O)c1cccnc1. The molecule has 1 heterocycles. The van der Waals surface area contributed by atoms with Crippen LogP contribution in [0.2, 0.25) is 0 Å². The summed E-state index contributed by atoms with van der Waals surface area (Å²) in [6.45, 7) is 5.46. The molecular formula is C15H21N3O. The Bertz CT molecular complexity index is 421. The smallest absolute Gasteiger partial charge is 0.255 e. The molecule has 0 aromatic carbocycles. The number of rotatable bonds is 7. The largest absolute Gasteiger partial charge is 0.337 e. The predicted octanol–water partition coefficient (Wildman–Crippen LogP) is 2.87. The third-order valence-corrected chi connectivity index (χ3v) is 3.32. The van der Waals surface area contributed by atoms with Crippen molar-refractivity contribution in [1.82, 2.24) is 9.88 Å². The van der Waals surface area contributed by atoms with Crippen molar-refractivity contribution in [3.05, 3.63) is 30.1 Å². The highest BCUT2D eigenvalue weighted by molar-refractivity contribution is 5.93. The Kier molecular flexibility index (Phi) is 6.59. The molecule has 0 bridgehead atoms. The van der Waals surface area contributed by atoms with Crippen molar-refractivity contribution in [2.24, 2.45) is 5.92 Å². The van der Waals surface area contributed by atoms with Crippen LogP contribution in [0.5, 0.6) is 0 Å². The number of nitriles is 1. The van der Waals surface area contributed by atoms with Crippen LogP contribution in [-0.2, 0) is 0 Å². The van der Waals surface area contributed by atoms with E-state index in [0.29, 0.717) is 31.0 Å². The van der Waals surface area contributed by atoms with Gasteiger partial charge in [-0.3, -0.25) is 9.78 Å². The zero-order valence-electron chi connectivity index (χ0n) is 11.7. The molecule has 0 aliphatic heterocycles. The first-order valence-electron chi connectivity index (χ1n) is 6.79. The van der Waals surface area contributed by atoms with Gasteiger partial charge in [0.1, 0.15) is 0 Å². The van der Waals surface area contributed by atoms with Crippen molar-refractivity contribution in [1.29, 1.82) is 5.26 Å². The van der Waals surface area contributed by atoms with Crippen LogP contribution in [0.4, 0.5) is 0 Å². The molecule has 0 aliphatic rings. The number of carbonyl (C=O) groups is 1. The van der Waals surface area contributed by atoms with Crippen LogP contribution in [0.25, 0.3) is 0 Å². The number of hydrogen-bond acceptors (Lipinski definition) is 3. The van der Waals surface area contributed by atoms with Gasteiger partial charge in [-0.05, 0) is 18.1 Å². The van der Waals surface area contributed by atoms with Gasteiger partial charge in [0.2, 0.25) is 0 Å². The second-order valence-corrected chi connectivity index (χ2v) is 4.58. The summed E-state index contributed by atoms with van der Waals surface area (Å²) < 4.78 is 0. The van der Waals surface area contributed by atoms with Gasteiger partial charge in [0.25, 0.3) is 5.91 Å². The van der Waals surface area contributed by atoms with E-state index in [0.717, 1.165) is 12.8 Å². The highest BCUT2D eigenvalue weighted by Gasteiger charge is 2.18. The van der Waals surface area contributed by atoms with Crippen LogP contribution in [0.1, 0.15) is 43.5 Å². The van der Waals surface area contributed by atoms with Crippen molar-refractivity contribution < 1.29 is 4.79 Å². The average molecular weight is 259 g/mol. The van der Waals surface area contributed by atoms with E-state index in [4.69, 9.17) is 5.26 Å². The molecule has 19 heavy (non-hydrogen) atoms. The van der Waals surface area contributed by atoms with Gasteiger partial charge in [-0.1, -0.05) is 26.7 Å². The summed E-state index contributed by atoms with van der Waals surface area (Å²) in [5.41, 5.74) is 0.589. The summed E-state index contributed by atoms with van der Waals surface area (Å²) in [7, 11) is 0. The van der Waals surface area contributed by atoms with Crippen molar-refractivity contribution in [3.63, 3.8) is 0 Å². The van der Waals surface area contributed by atoms with Gasteiger partial charge in [0.15, 0.2) is 0 Å². The van der Waals surface area contributed by atoms with Gasteiger partial charge in [0, 0.05) is 25.5 Å². The Morgan fingerprint density at radius 3 is 2.74 bits per heavy atom. The number of hydrogen-bond donors (Lipinski definition) is 0. The monoisotopic (exact) mass is 259 g/mol.